The summed E-state index contributed by atoms with van der Waals surface area (Å²) in [5.41, 5.74) is 1.60. The molecule has 0 spiro atoms. The van der Waals surface area contributed by atoms with Gasteiger partial charge in [-0.1, -0.05) is 13.0 Å². The second-order valence-corrected chi connectivity index (χ2v) is 7.67. The summed E-state index contributed by atoms with van der Waals surface area (Å²) in [5.74, 6) is -0.0497. The second kappa shape index (κ2) is 7.21. The van der Waals surface area contributed by atoms with E-state index in [4.69, 9.17) is 5.26 Å². The van der Waals surface area contributed by atoms with E-state index in [9.17, 15) is 13.2 Å². The Balaban J connectivity index is 1.96. The number of carbonyl (C=O) groups excluding carboxylic acids is 1. The quantitative estimate of drug-likeness (QED) is 0.875. The fraction of sp³-hybridized carbons (Fsp3) is 0.211. The Labute approximate surface area is 158 Å². The molecule has 2 aromatic rings. The first kappa shape index (κ1) is 18.6. The minimum atomic E-state index is -3.86. The number of amides is 1. The van der Waals surface area contributed by atoms with Crippen molar-refractivity contribution in [3.63, 3.8) is 0 Å². The van der Waals surface area contributed by atoms with Crippen LogP contribution in [0.2, 0.25) is 0 Å². The van der Waals surface area contributed by atoms with Gasteiger partial charge in [-0.15, -0.1) is 4.40 Å². The average Bonchev–Trinajstić information content (AvgIpc) is 2.64. The molecule has 0 aromatic heterocycles. The molecule has 138 valence electrons. The Morgan fingerprint density at radius 3 is 2.74 bits per heavy atom. The zero-order chi connectivity index (χ0) is 19.6. The lowest BCUT2D eigenvalue weighted by Crippen LogP contribution is -2.34. The lowest BCUT2D eigenvalue weighted by atomic mass is 10.1. The summed E-state index contributed by atoms with van der Waals surface area (Å²) in [6.07, 6.45) is 0.823. The minimum absolute atomic E-state index is 0.0139. The van der Waals surface area contributed by atoms with Gasteiger partial charge in [0.25, 0.3) is 15.9 Å². The number of nitrogens with one attached hydrogen (secondary N) is 1. The smallest absolute Gasteiger partial charge is 0.286 e. The predicted octanol–water partition coefficient (Wildman–Crippen LogP) is 3.15. The van der Waals surface area contributed by atoms with E-state index in [-0.39, 0.29) is 10.5 Å². The Bertz CT molecular complexity index is 1080. The van der Waals surface area contributed by atoms with Crippen molar-refractivity contribution in [2.45, 2.75) is 25.2 Å². The fourth-order valence-electron chi connectivity index (χ4n) is 2.91. The summed E-state index contributed by atoms with van der Waals surface area (Å²) < 4.78 is 28.7. The lowest BCUT2D eigenvalue weighted by molar-refractivity contribution is 0.102. The predicted molar refractivity (Wildman–Crippen MR) is 103 cm³/mol. The molecule has 1 aliphatic heterocycles. The number of nitrogens with zero attached hydrogens (tertiary/aromatic N) is 3. The van der Waals surface area contributed by atoms with Crippen LogP contribution in [-0.4, -0.2) is 26.7 Å². The van der Waals surface area contributed by atoms with Gasteiger partial charge in [-0.2, -0.15) is 13.7 Å². The first-order chi connectivity index (χ1) is 12.9. The van der Waals surface area contributed by atoms with Crippen molar-refractivity contribution in [2.24, 2.45) is 4.40 Å². The van der Waals surface area contributed by atoms with E-state index in [1.54, 1.807) is 43.3 Å². The van der Waals surface area contributed by atoms with Gasteiger partial charge in [0.05, 0.1) is 17.3 Å². The normalized spacial score (nSPS) is 14.7. The highest BCUT2D eigenvalue weighted by atomic mass is 32.2. The highest BCUT2D eigenvalue weighted by molar-refractivity contribution is 7.90. The molecule has 0 fully saturated rings. The SMILES string of the molecule is CCCN1C(C)=NS(=O)(=O)c2cc(C(=O)Nc3cccc(C#N)c3)ccc21. The summed E-state index contributed by atoms with van der Waals surface area (Å²) in [7, 11) is -3.86. The van der Waals surface area contributed by atoms with Crippen LogP contribution in [-0.2, 0) is 10.0 Å². The lowest BCUT2D eigenvalue weighted by Gasteiger charge is -2.29. The van der Waals surface area contributed by atoms with Crippen molar-refractivity contribution in [3.05, 3.63) is 53.6 Å². The molecule has 1 amide bonds. The Kier molecular flexibility index (Phi) is 4.97. The summed E-state index contributed by atoms with van der Waals surface area (Å²) >= 11 is 0. The van der Waals surface area contributed by atoms with Gasteiger partial charge in [-0.25, -0.2) is 0 Å². The monoisotopic (exact) mass is 382 g/mol. The third-order valence-electron chi connectivity index (χ3n) is 4.13. The van der Waals surface area contributed by atoms with Crippen molar-refractivity contribution < 1.29 is 13.2 Å². The number of carbonyl (C=O) groups is 1. The van der Waals surface area contributed by atoms with Crippen molar-refractivity contribution >= 4 is 33.1 Å². The number of fused-ring (bicyclic) bond motifs is 1. The molecule has 0 saturated heterocycles. The molecule has 27 heavy (non-hydrogen) atoms. The number of benzene rings is 2. The van der Waals surface area contributed by atoms with Crippen molar-refractivity contribution in [1.82, 2.24) is 0 Å². The molecular weight excluding hydrogens is 364 g/mol. The number of anilines is 2. The number of rotatable bonds is 4. The second-order valence-electron chi connectivity index (χ2n) is 6.09. The summed E-state index contributed by atoms with van der Waals surface area (Å²) in [6.45, 7) is 4.27. The first-order valence-electron chi connectivity index (χ1n) is 8.40. The summed E-state index contributed by atoms with van der Waals surface area (Å²) in [6, 6.07) is 13.0. The van der Waals surface area contributed by atoms with Crippen molar-refractivity contribution in [3.8, 4) is 6.07 Å². The van der Waals surface area contributed by atoms with Crippen LogP contribution in [0, 0.1) is 11.3 Å². The van der Waals surface area contributed by atoms with Crippen LogP contribution >= 0.6 is 0 Å². The van der Waals surface area contributed by atoms with E-state index in [0.717, 1.165) is 6.42 Å². The van der Waals surface area contributed by atoms with Gasteiger partial charge in [0, 0.05) is 17.8 Å². The molecule has 1 aliphatic rings. The molecule has 1 heterocycles. The van der Waals surface area contributed by atoms with Crippen LogP contribution in [0.4, 0.5) is 11.4 Å². The van der Waals surface area contributed by atoms with Gasteiger partial charge in [0.1, 0.15) is 10.7 Å². The van der Waals surface area contributed by atoms with Crippen molar-refractivity contribution in [2.75, 3.05) is 16.8 Å². The zero-order valence-corrected chi connectivity index (χ0v) is 15.7. The van der Waals surface area contributed by atoms with Crippen LogP contribution in [0.5, 0.6) is 0 Å². The number of hydrogen-bond donors (Lipinski definition) is 1. The van der Waals surface area contributed by atoms with E-state index < -0.39 is 15.9 Å². The van der Waals surface area contributed by atoms with E-state index in [1.807, 2.05) is 17.9 Å². The third kappa shape index (κ3) is 3.68. The average molecular weight is 382 g/mol. The van der Waals surface area contributed by atoms with Gasteiger partial charge in [-0.05, 0) is 49.7 Å². The molecular formula is C19H18N4O3S. The van der Waals surface area contributed by atoms with Crippen LogP contribution in [0.3, 0.4) is 0 Å². The van der Waals surface area contributed by atoms with E-state index in [1.165, 1.54) is 6.07 Å². The highest BCUT2D eigenvalue weighted by Gasteiger charge is 2.29. The molecule has 3 rings (SSSR count). The van der Waals surface area contributed by atoms with Gasteiger partial charge < -0.3 is 10.2 Å². The molecule has 0 radical (unpaired) electrons. The Morgan fingerprint density at radius 1 is 1.26 bits per heavy atom. The topological polar surface area (TPSA) is 103 Å². The number of amidine groups is 1. The van der Waals surface area contributed by atoms with Crippen LogP contribution < -0.4 is 10.2 Å². The molecule has 0 saturated carbocycles. The van der Waals surface area contributed by atoms with E-state index >= 15 is 0 Å². The summed E-state index contributed by atoms with van der Waals surface area (Å²) in [5, 5.41) is 11.6. The Hall–Kier alpha value is -3.18. The maximum atomic E-state index is 12.5. The third-order valence-corrected chi connectivity index (χ3v) is 5.52. The maximum Gasteiger partial charge on any atom is 0.286 e. The van der Waals surface area contributed by atoms with Gasteiger partial charge in [-0.3, -0.25) is 4.79 Å². The fourth-order valence-corrected chi connectivity index (χ4v) is 4.17. The molecule has 1 N–H and O–H groups in total. The summed E-state index contributed by atoms with van der Waals surface area (Å²) in [4.78, 5) is 14.4. The van der Waals surface area contributed by atoms with E-state index in [2.05, 4.69) is 9.71 Å². The molecule has 2 aromatic carbocycles. The largest absolute Gasteiger partial charge is 0.328 e. The molecule has 0 unspecified atom stereocenters. The van der Waals surface area contributed by atoms with Crippen LogP contribution in [0.1, 0.15) is 36.2 Å². The van der Waals surface area contributed by atoms with Gasteiger partial charge >= 0.3 is 0 Å². The van der Waals surface area contributed by atoms with Crippen molar-refractivity contribution in [1.29, 1.82) is 5.26 Å². The van der Waals surface area contributed by atoms with Crippen LogP contribution in [0.15, 0.2) is 51.8 Å². The molecule has 8 heteroatoms. The number of hydrogen-bond acceptors (Lipinski definition) is 5. The minimum Gasteiger partial charge on any atom is -0.328 e. The molecule has 0 bridgehead atoms. The molecule has 0 aliphatic carbocycles. The van der Waals surface area contributed by atoms with E-state index in [0.29, 0.717) is 29.3 Å². The zero-order valence-electron chi connectivity index (χ0n) is 14.9. The van der Waals surface area contributed by atoms with Gasteiger partial charge in [0.2, 0.25) is 0 Å². The molecule has 0 atom stereocenters. The standard InChI is InChI=1S/C19H18N4O3S/c1-3-9-23-13(2)22-27(25,26)18-11-15(7-8-17(18)23)19(24)21-16-6-4-5-14(10-16)12-20/h4-8,10-11H,3,9H2,1-2H3,(H,21,24). The Morgan fingerprint density at radius 2 is 2.04 bits per heavy atom. The first-order valence-corrected chi connectivity index (χ1v) is 9.84. The van der Waals surface area contributed by atoms with Gasteiger partial charge in [0.15, 0.2) is 0 Å². The van der Waals surface area contributed by atoms with Crippen LogP contribution in [0.25, 0.3) is 0 Å². The number of sulfonamides is 1. The highest BCUT2D eigenvalue weighted by Crippen LogP contribution is 2.32. The number of nitriles is 1. The maximum absolute atomic E-state index is 12.5. The molecule has 7 nitrogen and oxygen atoms in total.